The molecular weight excluding hydrogens is 282 g/mol. The van der Waals surface area contributed by atoms with Gasteiger partial charge in [0.05, 0.1) is 24.9 Å². The van der Waals surface area contributed by atoms with Gasteiger partial charge in [0.15, 0.2) is 0 Å². The van der Waals surface area contributed by atoms with Gasteiger partial charge in [-0.05, 0) is 31.6 Å². The van der Waals surface area contributed by atoms with E-state index in [2.05, 4.69) is 9.97 Å². The summed E-state index contributed by atoms with van der Waals surface area (Å²) in [6.45, 7) is 2.97. The lowest BCUT2D eigenvalue weighted by Crippen LogP contribution is -2.50. The minimum Gasteiger partial charge on any atom is -0.385 e. The number of methoxy groups -OCH3 is 1. The van der Waals surface area contributed by atoms with Crippen LogP contribution in [0.3, 0.4) is 0 Å². The smallest absolute Gasteiger partial charge is 0.274 e. The van der Waals surface area contributed by atoms with Gasteiger partial charge in [-0.15, -0.1) is 0 Å². The molecule has 0 aromatic carbocycles. The monoisotopic (exact) mass is 305 g/mol. The van der Waals surface area contributed by atoms with Crippen LogP contribution in [0.25, 0.3) is 0 Å². The van der Waals surface area contributed by atoms with Crippen LogP contribution >= 0.6 is 0 Å². The molecule has 2 saturated heterocycles. The van der Waals surface area contributed by atoms with Crippen molar-refractivity contribution >= 4 is 5.91 Å². The standard InChI is InChI=1S/C16H23N3O3/c1-21-8-3-13-9-16(22-11-13)4-2-7-19(12-16)15(20)14-10-17-5-6-18-14/h5-6,10,13H,2-4,7-9,11-12H2,1H3/t13-,16+/m1/s1. The fraction of sp³-hybridized carbons (Fsp3) is 0.688. The van der Waals surface area contributed by atoms with Crippen LogP contribution in [0.4, 0.5) is 0 Å². The molecule has 0 N–H and O–H groups in total. The molecule has 22 heavy (non-hydrogen) atoms. The fourth-order valence-electron chi connectivity index (χ4n) is 3.54. The van der Waals surface area contributed by atoms with Crippen molar-refractivity contribution in [2.24, 2.45) is 5.92 Å². The van der Waals surface area contributed by atoms with E-state index in [1.54, 1.807) is 19.5 Å². The molecule has 2 aliphatic heterocycles. The zero-order valence-electron chi connectivity index (χ0n) is 13.0. The average molecular weight is 305 g/mol. The number of nitrogens with zero attached hydrogens (tertiary/aromatic N) is 3. The van der Waals surface area contributed by atoms with Crippen molar-refractivity contribution in [3.05, 3.63) is 24.3 Å². The van der Waals surface area contributed by atoms with E-state index in [9.17, 15) is 4.79 Å². The van der Waals surface area contributed by atoms with Gasteiger partial charge >= 0.3 is 0 Å². The van der Waals surface area contributed by atoms with Crippen molar-refractivity contribution < 1.29 is 14.3 Å². The lowest BCUT2D eigenvalue weighted by molar-refractivity contribution is -0.0451. The lowest BCUT2D eigenvalue weighted by atomic mass is 9.85. The molecular formula is C16H23N3O3. The number of carbonyl (C=O) groups excluding carboxylic acids is 1. The van der Waals surface area contributed by atoms with Crippen molar-refractivity contribution in [2.75, 3.05) is 33.4 Å². The van der Waals surface area contributed by atoms with Gasteiger partial charge in [0, 0.05) is 32.7 Å². The summed E-state index contributed by atoms with van der Waals surface area (Å²) < 4.78 is 11.3. The zero-order chi connectivity index (χ0) is 15.4. The highest BCUT2D eigenvalue weighted by molar-refractivity contribution is 5.92. The van der Waals surface area contributed by atoms with Crippen LogP contribution in [0.5, 0.6) is 0 Å². The first-order valence-electron chi connectivity index (χ1n) is 7.91. The van der Waals surface area contributed by atoms with Gasteiger partial charge in [0.25, 0.3) is 5.91 Å². The molecule has 2 aliphatic rings. The van der Waals surface area contributed by atoms with Crippen LogP contribution in [0.15, 0.2) is 18.6 Å². The van der Waals surface area contributed by atoms with E-state index in [0.717, 1.165) is 45.4 Å². The molecule has 3 rings (SSSR count). The van der Waals surface area contributed by atoms with Crippen molar-refractivity contribution in [1.29, 1.82) is 0 Å². The molecule has 0 bridgehead atoms. The normalized spacial score (nSPS) is 28.2. The Kier molecular flexibility index (Phi) is 4.69. The zero-order valence-corrected chi connectivity index (χ0v) is 13.0. The summed E-state index contributed by atoms with van der Waals surface area (Å²) >= 11 is 0. The van der Waals surface area contributed by atoms with Gasteiger partial charge in [-0.25, -0.2) is 4.98 Å². The Balaban J connectivity index is 1.64. The maximum Gasteiger partial charge on any atom is 0.274 e. The number of amides is 1. The predicted octanol–water partition coefficient (Wildman–Crippen LogP) is 1.52. The number of rotatable bonds is 4. The minimum absolute atomic E-state index is 0.0453. The minimum atomic E-state index is -0.172. The molecule has 0 saturated carbocycles. The number of piperidine rings is 1. The summed E-state index contributed by atoms with van der Waals surface area (Å²) in [5, 5.41) is 0. The Morgan fingerprint density at radius 1 is 1.55 bits per heavy atom. The molecule has 1 amide bonds. The molecule has 1 aromatic heterocycles. The van der Waals surface area contributed by atoms with E-state index < -0.39 is 0 Å². The second kappa shape index (κ2) is 6.71. The third-order valence-electron chi connectivity index (χ3n) is 4.63. The number of aromatic nitrogens is 2. The Morgan fingerprint density at radius 2 is 2.45 bits per heavy atom. The summed E-state index contributed by atoms with van der Waals surface area (Å²) in [5.74, 6) is 0.489. The summed E-state index contributed by atoms with van der Waals surface area (Å²) in [4.78, 5) is 22.5. The van der Waals surface area contributed by atoms with Crippen LogP contribution in [-0.2, 0) is 9.47 Å². The lowest BCUT2D eigenvalue weighted by Gasteiger charge is -2.39. The van der Waals surface area contributed by atoms with Gasteiger partial charge in [-0.1, -0.05) is 0 Å². The van der Waals surface area contributed by atoms with Crippen LogP contribution in [0.1, 0.15) is 36.2 Å². The second-order valence-corrected chi connectivity index (χ2v) is 6.27. The summed E-state index contributed by atoms with van der Waals surface area (Å²) in [6, 6.07) is 0. The van der Waals surface area contributed by atoms with Gasteiger partial charge < -0.3 is 14.4 Å². The molecule has 120 valence electrons. The average Bonchev–Trinajstić information content (AvgIpc) is 2.95. The van der Waals surface area contributed by atoms with E-state index in [1.807, 2.05) is 4.90 Å². The SMILES string of the molecule is COCC[C@H]1CO[C@@]2(CCCN(C(=O)c3cnccn3)C2)C1. The first-order chi connectivity index (χ1) is 10.7. The number of hydrogen-bond acceptors (Lipinski definition) is 5. The highest BCUT2D eigenvalue weighted by atomic mass is 16.5. The molecule has 0 radical (unpaired) electrons. The Bertz CT molecular complexity index is 511. The quantitative estimate of drug-likeness (QED) is 0.844. The van der Waals surface area contributed by atoms with Crippen molar-refractivity contribution in [3.8, 4) is 0 Å². The predicted molar refractivity (Wildman–Crippen MR) is 80.5 cm³/mol. The maximum absolute atomic E-state index is 12.5. The third-order valence-corrected chi connectivity index (χ3v) is 4.63. The molecule has 1 spiro atoms. The Labute approximate surface area is 130 Å². The van der Waals surface area contributed by atoms with Gasteiger partial charge in [0.1, 0.15) is 5.69 Å². The Hall–Kier alpha value is -1.53. The summed E-state index contributed by atoms with van der Waals surface area (Å²) in [5.41, 5.74) is 0.239. The molecule has 6 heteroatoms. The van der Waals surface area contributed by atoms with Crippen LogP contribution in [0, 0.1) is 5.92 Å². The van der Waals surface area contributed by atoms with Gasteiger partial charge in [-0.2, -0.15) is 0 Å². The molecule has 2 atom stereocenters. The van der Waals surface area contributed by atoms with Crippen molar-refractivity contribution in [2.45, 2.75) is 31.3 Å². The molecule has 2 fully saturated rings. The molecule has 6 nitrogen and oxygen atoms in total. The molecule has 0 aliphatic carbocycles. The van der Waals surface area contributed by atoms with E-state index in [-0.39, 0.29) is 11.5 Å². The number of carbonyl (C=O) groups is 1. The van der Waals surface area contributed by atoms with Gasteiger partial charge in [0.2, 0.25) is 0 Å². The molecule has 3 heterocycles. The Morgan fingerprint density at radius 3 is 3.23 bits per heavy atom. The largest absolute Gasteiger partial charge is 0.385 e. The van der Waals surface area contributed by atoms with Crippen molar-refractivity contribution in [1.82, 2.24) is 14.9 Å². The highest BCUT2D eigenvalue weighted by Crippen LogP contribution is 2.38. The number of likely N-dealkylation sites (tertiary alicyclic amines) is 1. The third kappa shape index (κ3) is 3.28. The number of hydrogen-bond donors (Lipinski definition) is 0. The van der Waals surface area contributed by atoms with Crippen LogP contribution < -0.4 is 0 Å². The highest BCUT2D eigenvalue weighted by Gasteiger charge is 2.44. The first-order valence-corrected chi connectivity index (χ1v) is 7.91. The van der Waals surface area contributed by atoms with E-state index in [1.165, 1.54) is 6.20 Å². The summed E-state index contributed by atoms with van der Waals surface area (Å²) in [7, 11) is 1.73. The molecule has 0 unspecified atom stereocenters. The van der Waals surface area contributed by atoms with Gasteiger partial charge in [-0.3, -0.25) is 9.78 Å². The summed E-state index contributed by atoms with van der Waals surface area (Å²) in [6.07, 6.45) is 8.70. The number of ether oxygens (including phenoxy) is 2. The first kappa shape index (κ1) is 15.4. The van der Waals surface area contributed by atoms with Crippen LogP contribution in [-0.4, -0.2) is 59.8 Å². The fourth-order valence-corrected chi connectivity index (χ4v) is 3.54. The van der Waals surface area contributed by atoms with E-state index in [0.29, 0.717) is 18.2 Å². The topological polar surface area (TPSA) is 64.6 Å². The maximum atomic E-state index is 12.5. The second-order valence-electron chi connectivity index (χ2n) is 6.27. The van der Waals surface area contributed by atoms with E-state index in [4.69, 9.17) is 9.47 Å². The van der Waals surface area contributed by atoms with Crippen LogP contribution in [0.2, 0.25) is 0 Å². The van der Waals surface area contributed by atoms with E-state index >= 15 is 0 Å². The molecule has 1 aromatic rings. The van der Waals surface area contributed by atoms with Crippen molar-refractivity contribution in [3.63, 3.8) is 0 Å².